The van der Waals surface area contributed by atoms with E-state index in [1.165, 1.54) is 36.5 Å². The molecule has 2 aromatic heterocycles. The summed E-state index contributed by atoms with van der Waals surface area (Å²) in [6.45, 7) is 2.77. The van der Waals surface area contributed by atoms with Gasteiger partial charge in [-0.05, 0) is 48.5 Å². The van der Waals surface area contributed by atoms with Crippen molar-refractivity contribution in [3.8, 4) is 11.3 Å². The molecule has 2 saturated heterocycles. The van der Waals surface area contributed by atoms with Crippen molar-refractivity contribution in [2.45, 2.75) is 37.5 Å². The zero-order valence-electron chi connectivity index (χ0n) is 22.1. The number of hydrogen-bond acceptors (Lipinski definition) is 7. The van der Waals surface area contributed by atoms with Gasteiger partial charge in [-0.25, -0.2) is 9.97 Å². The number of hydrogen-bond donors (Lipinski definition) is 1. The molecule has 4 aromatic rings. The zero-order chi connectivity index (χ0) is 29.5. The lowest BCUT2D eigenvalue weighted by molar-refractivity contribution is -0.186. The Hall–Kier alpha value is -3.81. The third-order valence-electron chi connectivity index (χ3n) is 7.40. The molecule has 2 aliphatic heterocycles. The van der Waals surface area contributed by atoms with Crippen molar-refractivity contribution in [2.24, 2.45) is 0 Å². The van der Waals surface area contributed by atoms with Crippen molar-refractivity contribution >= 4 is 22.4 Å². The quantitative estimate of drug-likeness (QED) is 0.257. The Bertz CT molecular complexity index is 1580. The number of rotatable bonds is 5. The Morgan fingerprint density at radius 3 is 2.24 bits per heavy atom. The van der Waals surface area contributed by atoms with E-state index in [1.54, 1.807) is 6.07 Å². The third-order valence-corrected chi connectivity index (χ3v) is 7.40. The molecule has 0 unspecified atom stereocenters. The number of anilines is 2. The van der Waals surface area contributed by atoms with Gasteiger partial charge in [0, 0.05) is 48.8 Å². The zero-order valence-corrected chi connectivity index (χ0v) is 22.1. The van der Waals surface area contributed by atoms with E-state index >= 15 is 0 Å². The minimum atomic E-state index is -4.61. The van der Waals surface area contributed by atoms with Gasteiger partial charge in [-0.15, -0.1) is 0 Å². The fourth-order valence-corrected chi connectivity index (χ4v) is 5.27. The number of benzene rings is 2. The van der Waals surface area contributed by atoms with Gasteiger partial charge < -0.3 is 14.8 Å². The Morgan fingerprint density at radius 2 is 1.57 bits per heavy atom. The molecular weight excluding hydrogens is 564 g/mol. The first-order chi connectivity index (χ1) is 20.0. The average molecular weight is 590 g/mol. The van der Waals surface area contributed by atoms with Crippen LogP contribution in [0, 0.1) is 0 Å². The Morgan fingerprint density at radius 1 is 0.857 bits per heavy atom. The Balaban J connectivity index is 1.36. The molecule has 7 nitrogen and oxygen atoms in total. The molecule has 0 atom stereocenters. The van der Waals surface area contributed by atoms with E-state index in [0.29, 0.717) is 73.9 Å². The molecule has 6 rings (SSSR count). The van der Waals surface area contributed by atoms with Crippen LogP contribution in [0.4, 0.5) is 37.8 Å². The molecule has 0 saturated carbocycles. The summed E-state index contributed by atoms with van der Waals surface area (Å²) in [5.41, 5.74) is -0.961. The first-order valence-electron chi connectivity index (χ1n) is 13.3. The lowest BCUT2D eigenvalue weighted by Gasteiger charge is -2.37. The van der Waals surface area contributed by atoms with Crippen LogP contribution in [0.3, 0.4) is 0 Å². The monoisotopic (exact) mass is 589 g/mol. The number of likely N-dealkylation sites (tertiary alicyclic amines) is 1. The summed E-state index contributed by atoms with van der Waals surface area (Å²) in [7, 11) is 0. The van der Waals surface area contributed by atoms with Gasteiger partial charge in [-0.3, -0.25) is 9.88 Å². The van der Waals surface area contributed by atoms with E-state index in [4.69, 9.17) is 9.47 Å². The molecule has 2 aliphatic rings. The fourth-order valence-electron chi connectivity index (χ4n) is 5.27. The maximum atomic E-state index is 13.7. The van der Waals surface area contributed by atoms with Gasteiger partial charge in [-0.2, -0.15) is 26.3 Å². The first-order valence-corrected chi connectivity index (χ1v) is 13.3. The van der Waals surface area contributed by atoms with Crippen molar-refractivity contribution in [2.75, 3.05) is 31.6 Å². The number of ether oxygens (including phenoxy) is 2. The molecule has 220 valence electrons. The highest BCUT2D eigenvalue weighted by molar-refractivity contribution is 5.93. The van der Waals surface area contributed by atoms with Gasteiger partial charge in [-0.1, -0.05) is 6.07 Å². The minimum absolute atomic E-state index is 0.219. The van der Waals surface area contributed by atoms with E-state index in [1.807, 2.05) is 0 Å². The van der Waals surface area contributed by atoms with Crippen LogP contribution in [0.2, 0.25) is 0 Å². The van der Waals surface area contributed by atoms with Crippen LogP contribution in [-0.4, -0.2) is 51.9 Å². The molecule has 2 fully saturated rings. The molecule has 0 bridgehead atoms. The molecule has 42 heavy (non-hydrogen) atoms. The summed E-state index contributed by atoms with van der Waals surface area (Å²) in [5.74, 6) is 0.147. The lowest BCUT2D eigenvalue weighted by Crippen LogP contribution is -2.44. The third kappa shape index (κ3) is 5.90. The summed E-state index contributed by atoms with van der Waals surface area (Å²) in [4.78, 5) is 15.5. The molecule has 1 spiro atoms. The van der Waals surface area contributed by atoms with E-state index in [-0.39, 0.29) is 11.3 Å². The molecule has 1 N–H and O–H groups in total. The minimum Gasteiger partial charge on any atom is -0.347 e. The number of nitrogens with zero attached hydrogens (tertiary/aromatic N) is 4. The summed E-state index contributed by atoms with van der Waals surface area (Å²) < 4.78 is 92.0. The molecule has 0 aliphatic carbocycles. The predicted molar refractivity (Wildman–Crippen MR) is 142 cm³/mol. The molecule has 13 heteroatoms. The van der Waals surface area contributed by atoms with Crippen LogP contribution < -0.4 is 5.32 Å². The smallest absolute Gasteiger partial charge is 0.347 e. The second-order valence-corrected chi connectivity index (χ2v) is 10.2. The van der Waals surface area contributed by atoms with Crippen molar-refractivity contribution in [1.29, 1.82) is 0 Å². The number of piperidine rings is 1. The van der Waals surface area contributed by atoms with Gasteiger partial charge >= 0.3 is 12.4 Å². The highest BCUT2D eigenvalue weighted by Gasteiger charge is 2.40. The number of aromatic nitrogens is 3. The number of alkyl halides is 6. The number of pyridine rings is 1. The van der Waals surface area contributed by atoms with Crippen LogP contribution in [-0.2, 0) is 28.4 Å². The lowest BCUT2D eigenvalue weighted by atomic mass is 10.0. The van der Waals surface area contributed by atoms with Gasteiger partial charge in [0.05, 0.1) is 42.1 Å². The largest absolute Gasteiger partial charge is 0.418 e. The van der Waals surface area contributed by atoms with Crippen LogP contribution in [0.1, 0.15) is 29.8 Å². The van der Waals surface area contributed by atoms with Gasteiger partial charge in [0.1, 0.15) is 11.6 Å². The highest BCUT2D eigenvalue weighted by Crippen LogP contribution is 2.38. The maximum absolute atomic E-state index is 13.7. The van der Waals surface area contributed by atoms with Crippen molar-refractivity contribution in [1.82, 2.24) is 19.9 Å². The van der Waals surface area contributed by atoms with Crippen LogP contribution in [0.5, 0.6) is 0 Å². The highest BCUT2D eigenvalue weighted by atomic mass is 19.4. The number of fused-ring (bicyclic) bond motifs is 1. The van der Waals surface area contributed by atoms with Crippen LogP contribution >= 0.6 is 0 Å². The molecule has 4 heterocycles. The number of halogens is 6. The first kappa shape index (κ1) is 28.3. The average Bonchev–Trinajstić information content (AvgIpc) is 3.41. The van der Waals surface area contributed by atoms with E-state index < -0.39 is 29.3 Å². The Kier molecular flexibility index (Phi) is 7.27. The van der Waals surface area contributed by atoms with Crippen LogP contribution in [0.15, 0.2) is 60.8 Å². The summed E-state index contributed by atoms with van der Waals surface area (Å²) >= 11 is 0. The van der Waals surface area contributed by atoms with Gasteiger partial charge in [0.15, 0.2) is 5.79 Å². The summed E-state index contributed by atoms with van der Waals surface area (Å²) in [6.07, 6.45) is -6.46. The van der Waals surface area contributed by atoms with E-state index in [9.17, 15) is 26.3 Å². The standard InChI is InChI=1S/C29H25F6N5O2/c30-28(31,32)19-4-6-20(7-5-19)37-26-21-8-3-18(25-22(29(33,34)35)2-1-11-36-25)16-23(21)38-24(39-26)17-40-12-9-27(10-13-40)41-14-15-42-27/h1-8,11,16H,9-10,12-15,17H2,(H,37,38,39). The van der Waals surface area contributed by atoms with Gasteiger partial charge in [0.25, 0.3) is 0 Å². The molecular formula is C29H25F6N5O2. The van der Waals surface area contributed by atoms with Crippen LogP contribution in [0.25, 0.3) is 22.2 Å². The SMILES string of the molecule is FC(F)(F)c1ccc(Nc2nc(CN3CCC4(CC3)OCCO4)nc3cc(-c4ncccc4C(F)(F)F)ccc23)cc1. The fraction of sp³-hybridized carbons (Fsp3) is 0.345. The van der Waals surface area contributed by atoms with Crippen molar-refractivity contribution < 1.29 is 35.8 Å². The van der Waals surface area contributed by atoms with Crippen molar-refractivity contribution in [3.05, 3.63) is 77.7 Å². The molecule has 2 aromatic carbocycles. The maximum Gasteiger partial charge on any atom is 0.418 e. The second kappa shape index (κ2) is 10.8. The Labute approximate surface area is 236 Å². The molecule has 0 amide bonds. The van der Waals surface area contributed by atoms with Gasteiger partial charge in [0.2, 0.25) is 0 Å². The van der Waals surface area contributed by atoms with Crippen molar-refractivity contribution in [3.63, 3.8) is 0 Å². The normalized spacial score (nSPS) is 17.7. The predicted octanol–water partition coefficient (Wildman–Crippen LogP) is 6.81. The second-order valence-electron chi connectivity index (χ2n) is 10.2. The van der Waals surface area contributed by atoms with E-state index in [0.717, 1.165) is 18.2 Å². The summed E-state index contributed by atoms with van der Waals surface area (Å²) in [6, 6.07) is 11.3. The van der Waals surface area contributed by atoms with E-state index in [2.05, 4.69) is 25.2 Å². The number of nitrogens with one attached hydrogen (secondary N) is 1. The topological polar surface area (TPSA) is 72.4 Å². The summed E-state index contributed by atoms with van der Waals surface area (Å²) in [5, 5.41) is 3.55. The molecule has 0 radical (unpaired) electrons.